The van der Waals surface area contributed by atoms with Crippen molar-refractivity contribution in [3.8, 4) is 11.5 Å². The lowest BCUT2D eigenvalue weighted by Gasteiger charge is -2.17. The standard InChI is InChI=1S/C21H19BrClNO4S/c1-4-12(2)28-19-16(22)9-13(10-17(19)27-3)11-18-20(25)24(21(26)29-18)15-7-5-14(23)6-8-15/h5-12H,4H2,1-3H3/b18-11+/t12-/m1/s1. The smallest absolute Gasteiger partial charge is 0.298 e. The Hall–Kier alpha value is -1.96. The Morgan fingerprint density at radius 2 is 1.93 bits per heavy atom. The summed E-state index contributed by atoms with van der Waals surface area (Å²) >= 11 is 10.3. The van der Waals surface area contributed by atoms with Crippen LogP contribution in [0.15, 0.2) is 45.8 Å². The molecule has 29 heavy (non-hydrogen) atoms. The van der Waals surface area contributed by atoms with Crippen LogP contribution < -0.4 is 14.4 Å². The van der Waals surface area contributed by atoms with Crippen LogP contribution in [0.1, 0.15) is 25.8 Å². The zero-order valence-electron chi connectivity index (χ0n) is 16.1. The number of imide groups is 1. The Morgan fingerprint density at radius 3 is 2.55 bits per heavy atom. The predicted octanol–water partition coefficient (Wildman–Crippen LogP) is 6.53. The van der Waals surface area contributed by atoms with Crippen molar-refractivity contribution in [2.24, 2.45) is 0 Å². The molecule has 0 spiro atoms. The molecule has 0 N–H and O–H groups in total. The second-order valence-electron chi connectivity index (χ2n) is 6.36. The minimum absolute atomic E-state index is 0.0296. The molecule has 1 aliphatic rings. The third kappa shape index (κ3) is 4.79. The highest BCUT2D eigenvalue weighted by Gasteiger charge is 2.36. The van der Waals surface area contributed by atoms with Crippen LogP contribution in [-0.2, 0) is 4.79 Å². The summed E-state index contributed by atoms with van der Waals surface area (Å²) in [4.78, 5) is 26.7. The first-order chi connectivity index (χ1) is 13.8. The molecular formula is C21H19BrClNO4S. The number of carbonyl (C=O) groups excluding carboxylic acids is 2. The first kappa shape index (κ1) is 21.7. The van der Waals surface area contributed by atoms with Gasteiger partial charge in [0.2, 0.25) is 0 Å². The van der Waals surface area contributed by atoms with Gasteiger partial charge in [-0.1, -0.05) is 18.5 Å². The number of halogens is 2. The number of amides is 2. The van der Waals surface area contributed by atoms with Gasteiger partial charge >= 0.3 is 0 Å². The molecule has 0 saturated carbocycles. The Labute approximate surface area is 187 Å². The summed E-state index contributed by atoms with van der Waals surface area (Å²) in [7, 11) is 1.56. The number of thioether (sulfide) groups is 1. The number of carbonyl (C=O) groups is 2. The monoisotopic (exact) mass is 495 g/mol. The maximum absolute atomic E-state index is 12.8. The van der Waals surface area contributed by atoms with Gasteiger partial charge in [0, 0.05) is 5.02 Å². The van der Waals surface area contributed by atoms with E-state index < -0.39 is 0 Å². The van der Waals surface area contributed by atoms with Crippen LogP contribution in [0, 0.1) is 0 Å². The quantitative estimate of drug-likeness (QED) is 0.426. The highest BCUT2D eigenvalue weighted by molar-refractivity contribution is 9.10. The largest absolute Gasteiger partial charge is 0.493 e. The van der Waals surface area contributed by atoms with Gasteiger partial charge in [0.15, 0.2) is 11.5 Å². The Balaban J connectivity index is 1.92. The van der Waals surface area contributed by atoms with E-state index in [2.05, 4.69) is 15.9 Å². The van der Waals surface area contributed by atoms with Gasteiger partial charge in [-0.2, -0.15) is 0 Å². The number of benzene rings is 2. The maximum atomic E-state index is 12.8. The maximum Gasteiger partial charge on any atom is 0.298 e. The van der Waals surface area contributed by atoms with Gasteiger partial charge in [0.25, 0.3) is 11.1 Å². The van der Waals surface area contributed by atoms with E-state index >= 15 is 0 Å². The number of hydrogen-bond donors (Lipinski definition) is 0. The van der Waals surface area contributed by atoms with Crippen LogP contribution in [0.25, 0.3) is 6.08 Å². The number of nitrogens with zero attached hydrogens (tertiary/aromatic N) is 1. The molecule has 152 valence electrons. The molecule has 1 atom stereocenters. The average molecular weight is 497 g/mol. The molecule has 1 heterocycles. The number of ether oxygens (including phenoxy) is 2. The van der Waals surface area contributed by atoms with Gasteiger partial charge < -0.3 is 9.47 Å². The van der Waals surface area contributed by atoms with Gasteiger partial charge in [-0.15, -0.1) is 0 Å². The summed E-state index contributed by atoms with van der Waals surface area (Å²) in [6.45, 7) is 4.02. The Kier molecular flexibility index (Phi) is 6.93. The van der Waals surface area contributed by atoms with Crippen LogP contribution in [0.3, 0.4) is 0 Å². The fraction of sp³-hybridized carbons (Fsp3) is 0.238. The third-order valence-electron chi connectivity index (χ3n) is 4.32. The summed E-state index contributed by atoms with van der Waals surface area (Å²) in [5.74, 6) is 0.772. The minimum atomic E-state index is -0.377. The lowest BCUT2D eigenvalue weighted by atomic mass is 10.1. The van der Waals surface area contributed by atoms with Crippen molar-refractivity contribution in [3.63, 3.8) is 0 Å². The molecule has 2 amide bonds. The van der Waals surface area contributed by atoms with Crippen LogP contribution in [0.4, 0.5) is 10.5 Å². The molecule has 2 aromatic carbocycles. The van der Waals surface area contributed by atoms with E-state index in [0.29, 0.717) is 37.2 Å². The molecule has 8 heteroatoms. The van der Waals surface area contributed by atoms with E-state index in [-0.39, 0.29) is 17.3 Å². The summed E-state index contributed by atoms with van der Waals surface area (Å²) in [6, 6.07) is 10.2. The molecule has 0 radical (unpaired) electrons. The van der Waals surface area contributed by atoms with E-state index in [4.69, 9.17) is 21.1 Å². The number of methoxy groups -OCH3 is 1. The van der Waals surface area contributed by atoms with Crippen LogP contribution in [-0.4, -0.2) is 24.4 Å². The molecule has 0 unspecified atom stereocenters. The van der Waals surface area contributed by atoms with Crippen LogP contribution >= 0.6 is 39.3 Å². The molecule has 5 nitrogen and oxygen atoms in total. The number of rotatable bonds is 6. The second kappa shape index (κ2) is 9.24. The molecule has 0 bridgehead atoms. The lowest BCUT2D eigenvalue weighted by Crippen LogP contribution is -2.27. The fourth-order valence-electron chi connectivity index (χ4n) is 2.65. The zero-order valence-corrected chi connectivity index (χ0v) is 19.2. The predicted molar refractivity (Wildman–Crippen MR) is 121 cm³/mol. The minimum Gasteiger partial charge on any atom is -0.493 e. The molecule has 3 rings (SSSR count). The van der Waals surface area contributed by atoms with Crippen molar-refractivity contribution in [1.29, 1.82) is 0 Å². The van der Waals surface area contributed by atoms with Crippen LogP contribution in [0.5, 0.6) is 11.5 Å². The normalized spacial score (nSPS) is 16.4. The van der Waals surface area contributed by atoms with E-state index in [0.717, 1.165) is 23.1 Å². The van der Waals surface area contributed by atoms with E-state index in [1.54, 1.807) is 43.5 Å². The number of hydrogen-bond acceptors (Lipinski definition) is 5. The van der Waals surface area contributed by atoms with Crippen LogP contribution in [0.2, 0.25) is 5.02 Å². The molecule has 0 aliphatic carbocycles. The van der Waals surface area contributed by atoms with Crippen molar-refractivity contribution in [2.45, 2.75) is 26.4 Å². The fourth-order valence-corrected chi connectivity index (χ4v) is 4.17. The zero-order chi connectivity index (χ0) is 21.1. The molecule has 1 fully saturated rings. The molecule has 2 aromatic rings. The first-order valence-corrected chi connectivity index (χ1v) is 10.9. The summed E-state index contributed by atoms with van der Waals surface area (Å²) in [5.41, 5.74) is 1.20. The van der Waals surface area contributed by atoms with Crippen molar-refractivity contribution in [3.05, 3.63) is 56.4 Å². The van der Waals surface area contributed by atoms with Gasteiger partial charge in [0.1, 0.15) is 0 Å². The average Bonchev–Trinajstić information content (AvgIpc) is 2.97. The summed E-state index contributed by atoms with van der Waals surface area (Å²) < 4.78 is 12.1. The molecule has 0 aromatic heterocycles. The summed E-state index contributed by atoms with van der Waals surface area (Å²) in [6.07, 6.45) is 2.55. The Morgan fingerprint density at radius 1 is 1.24 bits per heavy atom. The molecule has 1 aliphatic heterocycles. The van der Waals surface area contributed by atoms with Gasteiger partial charge in [-0.3, -0.25) is 9.59 Å². The highest BCUT2D eigenvalue weighted by Crippen LogP contribution is 2.40. The highest BCUT2D eigenvalue weighted by atomic mass is 79.9. The second-order valence-corrected chi connectivity index (χ2v) is 8.65. The van der Waals surface area contributed by atoms with Gasteiger partial charge in [-0.25, -0.2) is 4.90 Å². The Bertz CT molecular complexity index is 977. The van der Waals surface area contributed by atoms with E-state index in [1.165, 1.54) is 0 Å². The van der Waals surface area contributed by atoms with Crippen molar-refractivity contribution in [2.75, 3.05) is 12.0 Å². The van der Waals surface area contributed by atoms with Crippen molar-refractivity contribution < 1.29 is 19.1 Å². The van der Waals surface area contributed by atoms with E-state index in [1.807, 2.05) is 19.9 Å². The number of anilines is 1. The molecular weight excluding hydrogens is 478 g/mol. The van der Waals surface area contributed by atoms with Gasteiger partial charge in [0.05, 0.1) is 28.3 Å². The first-order valence-electron chi connectivity index (χ1n) is 8.91. The van der Waals surface area contributed by atoms with Gasteiger partial charge in [-0.05, 0) is 89.1 Å². The topological polar surface area (TPSA) is 55.8 Å². The SMILES string of the molecule is CC[C@@H](C)Oc1c(Br)cc(/C=C2/SC(=O)N(c3ccc(Cl)cc3)C2=O)cc1OC. The van der Waals surface area contributed by atoms with E-state index in [9.17, 15) is 9.59 Å². The van der Waals surface area contributed by atoms with Crippen molar-refractivity contribution >= 4 is 62.2 Å². The lowest BCUT2D eigenvalue weighted by molar-refractivity contribution is -0.113. The van der Waals surface area contributed by atoms with Crippen molar-refractivity contribution in [1.82, 2.24) is 0 Å². The third-order valence-corrected chi connectivity index (χ3v) is 6.03. The summed E-state index contributed by atoms with van der Waals surface area (Å²) in [5, 5.41) is 0.180. The molecule has 1 saturated heterocycles.